The number of benzene rings is 1. The summed E-state index contributed by atoms with van der Waals surface area (Å²) in [6.45, 7) is 5.42. The number of carbonyl (C=O) groups excluding carboxylic acids is 2. The second-order valence-electron chi connectivity index (χ2n) is 13.6. The molecule has 0 radical (unpaired) electrons. The van der Waals surface area contributed by atoms with E-state index in [1.807, 2.05) is 45.2 Å². The summed E-state index contributed by atoms with van der Waals surface area (Å²) in [4.78, 5) is 42.9. The zero-order valence-electron chi connectivity index (χ0n) is 27.4. The zero-order chi connectivity index (χ0) is 31.1. The van der Waals surface area contributed by atoms with E-state index in [4.69, 9.17) is 9.73 Å². The van der Waals surface area contributed by atoms with Crippen LogP contribution in [0.5, 0.6) is 5.75 Å². The van der Waals surface area contributed by atoms with Gasteiger partial charge in [-0.15, -0.1) is 0 Å². The molecule has 1 aromatic rings. The van der Waals surface area contributed by atoms with E-state index in [1.165, 1.54) is 12.8 Å². The second kappa shape index (κ2) is 12.6. The molecule has 5 aliphatic rings. The van der Waals surface area contributed by atoms with Gasteiger partial charge in [-0.25, -0.2) is 0 Å². The Labute approximate surface area is 262 Å². The first kappa shape index (κ1) is 30.7. The number of anilines is 1. The van der Waals surface area contributed by atoms with Gasteiger partial charge in [-0.3, -0.25) is 9.59 Å². The lowest BCUT2D eigenvalue weighted by Gasteiger charge is -2.47. The molecule has 44 heavy (non-hydrogen) atoms. The minimum atomic E-state index is -0.197. The summed E-state index contributed by atoms with van der Waals surface area (Å²) in [5, 5.41) is 6.90. The van der Waals surface area contributed by atoms with E-state index in [-0.39, 0.29) is 30.0 Å². The van der Waals surface area contributed by atoms with Gasteiger partial charge in [0.1, 0.15) is 17.9 Å². The van der Waals surface area contributed by atoms with Crippen molar-refractivity contribution in [1.29, 1.82) is 0 Å². The summed E-state index contributed by atoms with van der Waals surface area (Å²) < 4.78 is 6.56. The number of hydrogen-bond acceptors (Lipinski definition) is 9. The van der Waals surface area contributed by atoms with Crippen molar-refractivity contribution in [2.75, 3.05) is 66.7 Å². The van der Waals surface area contributed by atoms with Crippen LogP contribution in [0.15, 0.2) is 28.6 Å². The van der Waals surface area contributed by atoms with E-state index in [0.717, 1.165) is 86.2 Å². The van der Waals surface area contributed by atoms with Crippen molar-refractivity contribution < 1.29 is 14.3 Å². The van der Waals surface area contributed by atoms with Crippen LogP contribution in [0.4, 0.5) is 5.69 Å². The Hall–Kier alpha value is -3.31. The molecule has 4 heterocycles. The maximum absolute atomic E-state index is 13.6. The molecule has 2 N–H and O–H groups in total. The first-order valence-corrected chi connectivity index (χ1v) is 16.5. The van der Waals surface area contributed by atoms with Crippen LogP contribution >= 0.6 is 0 Å². The molecule has 11 nitrogen and oxygen atoms in total. The highest BCUT2D eigenvalue weighted by Crippen LogP contribution is 2.41. The third-order valence-electron chi connectivity index (χ3n) is 10.0. The quantitative estimate of drug-likeness (QED) is 0.490. The first-order valence-electron chi connectivity index (χ1n) is 16.5. The minimum Gasteiger partial charge on any atom is -0.486 e. The first-order chi connectivity index (χ1) is 21.1. The molecule has 1 aliphatic carbocycles. The van der Waals surface area contributed by atoms with Crippen LogP contribution in [0.2, 0.25) is 0 Å². The highest BCUT2D eigenvalue weighted by molar-refractivity contribution is 6.01. The Morgan fingerprint density at radius 1 is 1.09 bits per heavy atom. The molecule has 1 aromatic carbocycles. The van der Waals surface area contributed by atoms with Gasteiger partial charge >= 0.3 is 0 Å². The summed E-state index contributed by atoms with van der Waals surface area (Å²) in [6, 6.07) is 4.22. The van der Waals surface area contributed by atoms with Gasteiger partial charge in [-0.2, -0.15) is 4.99 Å². The Balaban J connectivity index is 1.31. The Kier molecular flexibility index (Phi) is 8.79. The predicted octanol–water partition coefficient (Wildman–Crippen LogP) is 2.75. The molecule has 0 bridgehead atoms. The standard InChI is InChI=1S/C33H50N8O3/c1-7-27-32(43)40(6)28-20-39(5)33(36-30(28)41(27)22-10-8-9-11-22)35-26-13-12-24(25-18-23(19-37(2)3)44-29(25)26)31(42)34-21-14-16-38(4)17-15-21/h12-13,21-23,27H,7-11,14-20H2,1-6H3,(H,34,42)(H,35,36)/t23?,27-/m1/s1. The smallest absolute Gasteiger partial charge is 0.251 e. The van der Waals surface area contributed by atoms with Gasteiger partial charge in [0.25, 0.3) is 5.91 Å². The fourth-order valence-electron chi connectivity index (χ4n) is 7.57. The second-order valence-corrected chi connectivity index (χ2v) is 13.6. The van der Waals surface area contributed by atoms with Crippen molar-refractivity contribution in [3.05, 3.63) is 34.8 Å². The van der Waals surface area contributed by atoms with Crippen LogP contribution < -0.4 is 15.4 Å². The number of amides is 2. The van der Waals surface area contributed by atoms with E-state index < -0.39 is 0 Å². The van der Waals surface area contributed by atoms with Crippen LogP contribution in [-0.2, 0) is 11.2 Å². The molecule has 2 atom stereocenters. The molecule has 240 valence electrons. The molecular weight excluding hydrogens is 556 g/mol. The third-order valence-corrected chi connectivity index (χ3v) is 10.0. The SMILES string of the molecule is CC[C@@H]1C(=O)N(C)C2=C(N=C(Nc3ccc(C(=O)NC4CCN(C)CC4)c4c3OC(CN(C)C)C4)N(C)C2)N1C1CCCC1. The van der Waals surface area contributed by atoms with Crippen LogP contribution in [0.25, 0.3) is 0 Å². The van der Waals surface area contributed by atoms with Gasteiger partial charge in [0.2, 0.25) is 11.9 Å². The average molecular weight is 607 g/mol. The Morgan fingerprint density at radius 3 is 2.50 bits per heavy atom. The van der Waals surface area contributed by atoms with Crippen molar-refractivity contribution in [1.82, 2.24) is 29.8 Å². The van der Waals surface area contributed by atoms with E-state index >= 15 is 0 Å². The van der Waals surface area contributed by atoms with Gasteiger partial charge in [0.15, 0.2) is 5.82 Å². The maximum Gasteiger partial charge on any atom is 0.251 e. The lowest BCUT2D eigenvalue weighted by atomic mass is 9.99. The molecule has 4 aliphatic heterocycles. The molecule has 1 unspecified atom stereocenters. The molecule has 11 heteroatoms. The van der Waals surface area contributed by atoms with Crippen LogP contribution in [0, 0.1) is 0 Å². The van der Waals surface area contributed by atoms with E-state index in [2.05, 4.69) is 44.2 Å². The summed E-state index contributed by atoms with van der Waals surface area (Å²) in [6.07, 6.45) is 7.87. The van der Waals surface area contributed by atoms with Crippen molar-refractivity contribution in [2.45, 2.75) is 82.5 Å². The van der Waals surface area contributed by atoms with Gasteiger partial charge < -0.3 is 39.9 Å². The molecular formula is C33H50N8O3. The van der Waals surface area contributed by atoms with E-state index in [0.29, 0.717) is 24.6 Å². The summed E-state index contributed by atoms with van der Waals surface area (Å²) in [7, 11) is 10.1. The molecule has 1 saturated heterocycles. The van der Waals surface area contributed by atoms with Crippen LogP contribution in [-0.4, -0.2) is 128 Å². The van der Waals surface area contributed by atoms with Crippen molar-refractivity contribution >= 4 is 23.5 Å². The number of carbonyl (C=O) groups is 2. The fourth-order valence-corrected chi connectivity index (χ4v) is 7.57. The summed E-state index contributed by atoms with van der Waals surface area (Å²) in [5.74, 6) is 2.49. The predicted molar refractivity (Wildman–Crippen MR) is 173 cm³/mol. The number of aliphatic imine (C=N–C) groups is 1. The maximum atomic E-state index is 13.6. The minimum absolute atomic E-state index is 0.0221. The Bertz CT molecular complexity index is 1330. The van der Waals surface area contributed by atoms with Gasteiger partial charge in [-0.1, -0.05) is 19.8 Å². The number of guanidine groups is 1. The fraction of sp³-hybridized carbons (Fsp3) is 0.667. The molecule has 2 fully saturated rings. The third kappa shape index (κ3) is 5.88. The average Bonchev–Trinajstić information content (AvgIpc) is 3.67. The van der Waals surface area contributed by atoms with Gasteiger partial charge in [-0.05, 0) is 78.5 Å². The molecule has 0 spiro atoms. The van der Waals surface area contributed by atoms with Crippen molar-refractivity contribution in [3.63, 3.8) is 0 Å². The number of rotatable bonds is 7. The van der Waals surface area contributed by atoms with Crippen molar-refractivity contribution in [3.8, 4) is 5.75 Å². The number of likely N-dealkylation sites (N-methyl/N-ethyl adjacent to an activating group) is 3. The van der Waals surface area contributed by atoms with E-state index in [1.54, 1.807) is 0 Å². The van der Waals surface area contributed by atoms with Gasteiger partial charge in [0.05, 0.1) is 17.9 Å². The van der Waals surface area contributed by atoms with Crippen LogP contribution in [0.3, 0.4) is 0 Å². The highest BCUT2D eigenvalue weighted by atomic mass is 16.5. The number of fused-ring (bicyclic) bond motifs is 1. The Morgan fingerprint density at radius 2 is 1.82 bits per heavy atom. The number of likely N-dealkylation sites (tertiary alicyclic amines) is 1. The number of ether oxygens (including phenoxy) is 1. The van der Waals surface area contributed by atoms with Gasteiger partial charge in [0, 0.05) is 50.3 Å². The number of hydrogen-bond donors (Lipinski definition) is 2. The lowest BCUT2D eigenvalue weighted by Crippen LogP contribution is -2.57. The normalized spacial score (nSPS) is 24.9. The lowest BCUT2D eigenvalue weighted by molar-refractivity contribution is -0.136. The van der Waals surface area contributed by atoms with E-state index in [9.17, 15) is 9.59 Å². The largest absolute Gasteiger partial charge is 0.486 e. The highest BCUT2D eigenvalue weighted by Gasteiger charge is 2.43. The number of nitrogens with zero attached hydrogens (tertiary/aromatic N) is 6. The monoisotopic (exact) mass is 606 g/mol. The molecule has 6 rings (SSSR count). The summed E-state index contributed by atoms with van der Waals surface area (Å²) >= 11 is 0. The topological polar surface area (TPSA) is 96.0 Å². The van der Waals surface area contributed by atoms with Crippen LogP contribution in [0.1, 0.15) is 67.8 Å². The molecule has 0 aromatic heterocycles. The molecule has 1 saturated carbocycles. The number of piperidine rings is 1. The molecule has 2 amide bonds. The number of nitrogens with one attached hydrogen (secondary N) is 2. The van der Waals surface area contributed by atoms with Crippen molar-refractivity contribution in [2.24, 2.45) is 4.99 Å². The zero-order valence-corrected chi connectivity index (χ0v) is 27.4. The summed E-state index contributed by atoms with van der Waals surface area (Å²) in [5.41, 5.74) is 3.41.